The topological polar surface area (TPSA) is 121 Å². The van der Waals surface area contributed by atoms with Crippen LogP contribution in [0.5, 0.6) is 0 Å². The van der Waals surface area contributed by atoms with Crippen LogP contribution in [0.25, 0.3) is 10.8 Å². The van der Waals surface area contributed by atoms with Gasteiger partial charge in [0.25, 0.3) is 5.92 Å². The van der Waals surface area contributed by atoms with Crippen LogP contribution in [0.15, 0.2) is 36.7 Å². The second-order valence-corrected chi connectivity index (χ2v) is 13.2. The lowest BCUT2D eigenvalue weighted by atomic mass is 9.93. The van der Waals surface area contributed by atoms with E-state index in [4.69, 9.17) is 4.74 Å². The summed E-state index contributed by atoms with van der Waals surface area (Å²) in [4.78, 5) is 16.6. The molecular weight excluding hydrogens is 542 g/mol. The molecule has 2 atom stereocenters. The van der Waals surface area contributed by atoms with E-state index in [9.17, 15) is 22.3 Å². The van der Waals surface area contributed by atoms with Crippen molar-refractivity contribution in [3.63, 3.8) is 0 Å². The van der Waals surface area contributed by atoms with Crippen molar-refractivity contribution >= 4 is 43.9 Å². The van der Waals surface area contributed by atoms with E-state index in [2.05, 4.69) is 51.1 Å². The first-order valence-corrected chi connectivity index (χ1v) is 15.2. The fraction of sp³-hybridized carbons (Fsp3) is 0.519. The number of aromatic nitrogens is 3. The van der Waals surface area contributed by atoms with Gasteiger partial charge in [-0.25, -0.2) is 27.2 Å². The van der Waals surface area contributed by atoms with E-state index < -0.39 is 34.5 Å². The van der Waals surface area contributed by atoms with Crippen LogP contribution in [0, 0.1) is 5.92 Å². The normalized spacial score (nSPS) is 21.6. The number of fused-ring (bicyclic) bond motifs is 1. The number of pyridine rings is 1. The number of hydrogen-bond acceptors (Lipinski definition) is 10. The number of methoxy groups -OCH3 is 1. The molecule has 0 amide bonds. The zero-order valence-electron chi connectivity index (χ0n) is 22.9. The highest BCUT2D eigenvalue weighted by Gasteiger charge is 2.50. The fourth-order valence-electron chi connectivity index (χ4n) is 5.59. The minimum absolute atomic E-state index is 0.0608. The highest BCUT2D eigenvalue weighted by atomic mass is 32.2. The van der Waals surface area contributed by atoms with E-state index in [-0.39, 0.29) is 30.1 Å². The van der Waals surface area contributed by atoms with Crippen molar-refractivity contribution in [1.29, 1.82) is 0 Å². The van der Waals surface area contributed by atoms with Gasteiger partial charge in [-0.1, -0.05) is 19.9 Å². The molecule has 1 aromatic carbocycles. The molecular formula is C27H34F2N6O4S. The van der Waals surface area contributed by atoms with Gasteiger partial charge >= 0.3 is 0 Å². The molecule has 2 aliphatic heterocycles. The largest absolute Gasteiger partial charge is 0.388 e. The molecule has 2 aliphatic rings. The number of aliphatic hydroxyl groups is 1. The molecule has 5 rings (SSSR count). The smallest absolute Gasteiger partial charge is 0.293 e. The van der Waals surface area contributed by atoms with Crippen molar-refractivity contribution in [2.75, 3.05) is 60.4 Å². The maximum Gasteiger partial charge on any atom is 0.293 e. The maximum atomic E-state index is 14.5. The van der Waals surface area contributed by atoms with Gasteiger partial charge in [-0.05, 0) is 35.1 Å². The molecule has 2 N–H and O–H groups in total. The Morgan fingerprint density at radius 2 is 1.88 bits per heavy atom. The Hall–Kier alpha value is -3.16. The Morgan fingerprint density at radius 1 is 1.12 bits per heavy atom. The van der Waals surface area contributed by atoms with Gasteiger partial charge in [0.1, 0.15) is 33.7 Å². The summed E-state index contributed by atoms with van der Waals surface area (Å²) in [6.45, 7) is 4.80. The van der Waals surface area contributed by atoms with Gasteiger partial charge in [-0.15, -0.1) is 0 Å². The number of nitrogens with one attached hydrogen (secondary N) is 1. The molecule has 216 valence electrons. The molecule has 0 aliphatic carbocycles. The van der Waals surface area contributed by atoms with Crippen molar-refractivity contribution in [2.24, 2.45) is 5.92 Å². The van der Waals surface area contributed by atoms with Crippen LogP contribution >= 0.6 is 0 Å². The number of anilines is 4. The van der Waals surface area contributed by atoms with Crippen LogP contribution in [0.1, 0.15) is 25.3 Å². The molecule has 3 aromatic rings. The van der Waals surface area contributed by atoms with Gasteiger partial charge in [0.05, 0.1) is 12.3 Å². The standard InChI is InChI=1S/C27H34F2N6O4S/c1-16(2)18-5-6-21(34-11-17(12-34)14-40(4,37)38)20-10-31-24(9-19(18)20)32-23-7-8-30-26(33-23)35-13-22(36)25(39-3)27(28,29)15-35/h5-10,16-17,22,25,36H,11-15H2,1-4H3,(H,30,31,32,33)/t22-,25-/m0/s1. The number of benzene rings is 1. The van der Waals surface area contributed by atoms with E-state index in [0.29, 0.717) is 24.7 Å². The van der Waals surface area contributed by atoms with Crippen LogP contribution < -0.4 is 15.1 Å². The predicted octanol–water partition coefficient (Wildman–Crippen LogP) is 3.20. The number of sulfone groups is 1. The van der Waals surface area contributed by atoms with Crippen LogP contribution in [0.2, 0.25) is 0 Å². The lowest BCUT2D eigenvalue weighted by Crippen LogP contribution is -2.60. The van der Waals surface area contributed by atoms with Crippen LogP contribution in [0.4, 0.5) is 32.1 Å². The zero-order chi connectivity index (χ0) is 28.8. The molecule has 2 fully saturated rings. The van der Waals surface area contributed by atoms with E-state index in [1.54, 1.807) is 12.3 Å². The number of hydrogen-bond donors (Lipinski definition) is 2. The van der Waals surface area contributed by atoms with Crippen molar-refractivity contribution < 1.29 is 27.0 Å². The van der Waals surface area contributed by atoms with E-state index >= 15 is 0 Å². The number of piperidine rings is 1. The van der Waals surface area contributed by atoms with E-state index in [1.165, 1.54) is 17.4 Å². The van der Waals surface area contributed by atoms with E-state index in [0.717, 1.165) is 29.1 Å². The molecule has 4 heterocycles. The monoisotopic (exact) mass is 576 g/mol. The lowest BCUT2D eigenvalue weighted by Gasteiger charge is -2.41. The summed E-state index contributed by atoms with van der Waals surface area (Å²) in [5, 5.41) is 15.3. The van der Waals surface area contributed by atoms with Gasteiger partial charge in [-0.3, -0.25) is 0 Å². The summed E-state index contributed by atoms with van der Waals surface area (Å²) >= 11 is 0. The van der Waals surface area contributed by atoms with Crippen molar-refractivity contribution in [2.45, 2.75) is 37.9 Å². The Bertz CT molecular complexity index is 1500. The Kier molecular flexibility index (Phi) is 7.57. The summed E-state index contributed by atoms with van der Waals surface area (Å²) < 4.78 is 57.2. The molecule has 0 spiro atoms. The average Bonchev–Trinajstić information content (AvgIpc) is 2.84. The van der Waals surface area contributed by atoms with Crippen LogP contribution in [-0.4, -0.2) is 91.9 Å². The van der Waals surface area contributed by atoms with Crippen LogP contribution in [-0.2, 0) is 14.6 Å². The fourth-order valence-corrected chi connectivity index (χ4v) is 6.66. The second kappa shape index (κ2) is 10.7. The number of aliphatic hydroxyl groups excluding tert-OH is 1. The number of β-amino-alcohol motifs (C(OH)–C–C–N with tert-alkyl or cyclic N) is 1. The molecule has 0 unspecified atom stereocenters. The third-order valence-corrected chi connectivity index (χ3v) is 8.46. The minimum Gasteiger partial charge on any atom is -0.388 e. The third kappa shape index (κ3) is 5.81. The van der Waals surface area contributed by atoms with Crippen molar-refractivity contribution in [3.8, 4) is 0 Å². The third-order valence-electron chi connectivity index (χ3n) is 7.38. The molecule has 2 aromatic heterocycles. The van der Waals surface area contributed by atoms with Gasteiger partial charge in [-0.2, -0.15) is 4.98 Å². The number of nitrogens with zero attached hydrogens (tertiary/aromatic N) is 5. The van der Waals surface area contributed by atoms with Gasteiger partial charge < -0.3 is 25.0 Å². The number of ether oxygens (including phenoxy) is 1. The number of alkyl halides is 2. The van der Waals surface area contributed by atoms with Crippen LogP contribution in [0.3, 0.4) is 0 Å². The summed E-state index contributed by atoms with van der Waals surface area (Å²) in [6.07, 6.45) is 1.54. The average molecular weight is 577 g/mol. The first-order valence-electron chi connectivity index (χ1n) is 13.1. The van der Waals surface area contributed by atoms with Crippen molar-refractivity contribution in [1.82, 2.24) is 15.0 Å². The highest BCUT2D eigenvalue weighted by molar-refractivity contribution is 7.90. The minimum atomic E-state index is -3.27. The van der Waals surface area contributed by atoms with Crippen molar-refractivity contribution in [3.05, 3.63) is 42.2 Å². The molecule has 0 radical (unpaired) electrons. The highest BCUT2D eigenvalue weighted by Crippen LogP contribution is 2.37. The Morgan fingerprint density at radius 3 is 2.52 bits per heavy atom. The zero-order valence-corrected chi connectivity index (χ0v) is 23.7. The SMILES string of the molecule is CO[C@H]1[C@@H](O)CN(c2nccc(Nc3cc4c(C(C)C)ccc(N5CC(CS(C)(=O)=O)C5)c4cn3)n2)CC1(F)F. The van der Waals surface area contributed by atoms with Gasteiger partial charge in [0.15, 0.2) is 0 Å². The van der Waals surface area contributed by atoms with Gasteiger partial charge in [0.2, 0.25) is 5.95 Å². The van der Waals surface area contributed by atoms with E-state index in [1.807, 2.05) is 6.07 Å². The molecule has 2 saturated heterocycles. The molecule has 0 bridgehead atoms. The quantitative estimate of drug-likeness (QED) is 0.414. The second-order valence-electron chi connectivity index (χ2n) is 11.0. The summed E-state index contributed by atoms with van der Waals surface area (Å²) in [5.74, 6) is -1.78. The van der Waals surface area contributed by atoms with Gasteiger partial charge in [0, 0.05) is 62.4 Å². The Labute approximate surface area is 232 Å². The first kappa shape index (κ1) is 28.4. The Balaban J connectivity index is 1.39. The predicted molar refractivity (Wildman–Crippen MR) is 151 cm³/mol. The molecule has 0 saturated carbocycles. The maximum absolute atomic E-state index is 14.5. The number of halogens is 2. The summed E-state index contributed by atoms with van der Waals surface area (Å²) in [6, 6.07) is 7.71. The summed E-state index contributed by atoms with van der Waals surface area (Å²) in [7, 11) is -1.87. The summed E-state index contributed by atoms with van der Waals surface area (Å²) in [5.41, 5.74) is 2.14. The lowest BCUT2D eigenvalue weighted by molar-refractivity contribution is -0.171. The first-order chi connectivity index (χ1) is 18.8. The molecule has 13 heteroatoms. The number of rotatable bonds is 8. The molecule has 40 heavy (non-hydrogen) atoms. The molecule has 10 nitrogen and oxygen atoms in total.